The zero-order valence-electron chi connectivity index (χ0n) is 7.41. The maximum absolute atomic E-state index is 10.9. The van der Waals surface area contributed by atoms with E-state index >= 15 is 0 Å². The second-order valence-electron chi connectivity index (χ2n) is 2.52. The van der Waals surface area contributed by atoms with Crippen molar-refractivity contribution in [3.05, 3.63) is 0 Å². The third-order valence-electron chi connectivity index (χ3n) is 1.68. The molecule has 6 nitrogen and oxygen atoms in total. The second kappa shape index (κ2) is 4.54. The predicted molar refractivity (Wildman–Crippen MR) is 43.3 cm³/mol. The molecule has 0 aliphatic carbocycles. The normalized spacial score (nSPS) is 15.5. The van der Waals surface area contributed by atoms with Crippen molar-refractivity contribution in [3.63, 3.8) is 0 Å². The molecule has 0 atom stereocenters. The molecule has 1 N–H and O–H groups in total. The Bertz CT molecular complexity index is 207. The Kier molecular flexibility index (Phi) is 3.36. The fourth-order valence-corrected chi connectivity index (χ4v) is 0.994. The summed E-state index contributed by atoms with van der Waals surface area (Å²) in [6.45, 7) is 1.84. The average Bonchev–Trinajstić information content (AvgIpc) is 2.52. The highest BCUT2D eigenvalue weighted by atomic mass is 16.6. The summed E-state index contributed by atoms with van der Waals surface area (Å²) in [5, 5.41) is 2.47. The van der Waals surface area contributed by atoms with Crippen LogP contribution >= 0.6 is 0 Å². The predicted octanol–water partition coefficient (Wildman–Crippen LogP) is -0.205. The number of carbonyl (C=O) groups excluding carboxylic acids is 2. The van der Waals surface area contributed by atoms with Crippen molar-refractivity contribution in [2.75, 3.05) is 33.4 Å². The molecular weight excluding hydrogens is 176 g/mol. The second-order valence-corrected chi connectivity index (χ2v) is 2.52. The van der Waals surface area contributed by atoms with Crippen LogP contribution in [0, 0.1) is 0 Å². The van der Waals surface area contributed by atoms with Gasteiger partial charge in [-0.3, -0.25) is 0 Å². The van der Waals surface area contributed by atoms with Gasteiger partial charge in [-0.25, -0.2) is 9.59 Å². The standard InChI is InChI=1S/C7H12N2O4/c1-12-6(10)8-2-3-9-4-5-13-7(9)11/h2-5H2,1H3,(H,8,10). The Hall–Kier alpha value is -1.46. The molecule has 1 fully saturated rings. The average molecular weight is 188 g/mol. The highest BCUT2D eigenvalue weighted by Gasteiger charge is 2.20. The highest BCUT2D eigenvalue weighted by molar-refractivity contribution is 5.69. The Morgan fingerprint density at radius 2 is 2.54 bits per heavy atom. The van der Waals surface area contributed by atoms with Crippen molar-refractivity contribution in [1.29, 1.82) is 0 Å². The SMILES string of the molecule is COC(=O)NCCN1CCOC1=O. The molecule has 1 heterocycles. The van der Waals surface area contributed by atoms with Gasteiger partial charge in [0, 0.05) is 13.1 Å². The number of amides is 2. The lowest BCUT2D eigenvalue weighted by molar-refractivity contribution is 0.155. The van der Waals surface area contributed by atoms with Gasteiger partial charge in [0.15, 0.2) is 0 Å². The van der Waals surface area contributed by atoms with E-state index in [2.05, 4.69) is 10.1 Å². The Balaban J connectivity index is 2.12. The van der Waals surface area contributed by atoms with Gasteiger partial charge in [-0.1, -0.05) is 0 Å². The summed E-state index contributed by atoms with van der Waals surface area (Å²) in [6.07, 6.45) is -0.820. The van der Waals surface area contributed by atoms with Gasteiger partial charge >= 0.3 is 12.2 Å². The minimum atomic E-state index is -0.493. The van der Waals surface area contributed by atoms with E-state index in [-0.39, 0.29) is 6.09 Å². The van der Waals surface area contributed by atoms with E-state index in [0.29, 0.717) is 26.2 Å². The monoisotopic (exact) mass is 188 g/mol. The van der Waals surface area contributed by atoms with E-state index < -0.39 is 6.09 Å². The van der Waals surface area contributed by atoms with E-state index in [9.17, 15) is 9.59 Å². The molecule has 0 saturated carbocycles. The van der Waals surface area contributed by atoms with Gasteiger partial charge in [-0.05, 0) is 0 Å². The molecule has 1 aliphatic rings. The topological polar surface area (TPSA) is 67.9 Å². The lowest BCUT2D eigenvalue weighted by Crippen LogP contribution is -2.35. The first kappa shape index (κ1) is 9.63. The molecule has 0 aromatic rings. The van der Waals surface area contributed by atoms with Crippen LogP contribution in [-0.4, -0.2) is 50.4 Å². The molecule has 0 bridgehead atoms. The van der Waals surface area contributed by atoms with Gasteiger partial charge in [0.2, 0.25) is 0 Å². The number of alkyl carbamates (subject to hydrolysis) is 1. The van der Waals surface area contributed by atoms with Crippen molar-refractivity contribution in [1.82, 2.24) is 10.2 Å². The quantitative estimate of drug-likeness (QED) is 0.665. The van der Waals surface area contributed by atoms with E-state index in [1.807, 2.05) is 0 Å². The van der Waals surface area contributed by atoms with Gasteiger partial charge in [-0.15, -0.1) is 0 Å². The molecule has 0 spiro atoms. The van der Waals surface area contributed by atoms with Gasteiger partial charge in [0.05, 0.1) is 13.7 Å². The Labute approximate surface area is 75.8 Å². The van der Waals surface area contributed by atoms with Gasteiger partial charge in [0.25, 0.3) is 0 Å². The fraction of sp³-hybridized carbons (Fsp3) is 0.714. The molecule has 0 radical (unpaired) electrons. The van der Waals surface area contributed by atoms with Gasteiger partial charge < -0.3 is 19.7 Å². The molecule has 1 saturated heterocycles. The van der Waals surface area contributed by atoms with Crippen molar-refractivity contribution >= 4 is 12.2 Å². The van der Waals surface area contributed by atoms with Gasteiger partial charge in [-0.2, -0.15) is 0 Å². The van der Waals surface area contributed by atoms with Crippen LogP contribution in [0.1, 0.15) is 0 Å². The van der Waals surface area contributed by atoms with Crippen LogP contribution in [-0.2, 0) is 9.47 Å². The van der Waals surface area contributed by atoms with Crippen molar-refractivity contribution in [2.45, 2.75) is 0 Å². The molecule has 0 aromatic carbocycles. The molecule has 0 unspecified atom stereocenters. The molecule has 0 aromatic heterocycles. The molecule has 13 heavy (non-hydrogen) atoms. The van der Waals surface area contributed by atoms with E-state index in [1.165, 1.54) is 12.0 Å². The number of hydrogen-bond acceptors (Lipinski definition) is 4. The van der Waals surface area contributed by atoms with E-state index in [4.69, 9.17) is 4.74 Å². The number of methoxy groups -OCH3 is 1. The fourth-order valence-electron chi connectivity index (χ4n) is 0.994. The largest absolute Gasteiger partial charge is 0.453 e. The zero-order chi connectivity index (χ0) is 9.68. The molecule has 6 heteroatoms. The third-order valence-corrected chi connectivity index (χ3v) is 1.68. The third kappa shape index (κ3) is 2.81. The number of rotatable bonds is 3. The smallest absolute Gasteiger partial charge is 0.409 e. The summed E-state index contributed by atoms with van der Waals surface area (Å²) in [4.78, 5) is 23.0. The minimum absolute atomic E-state index is 0.327. The van der Waals surface area contributed by atoms with Crippen LogP contribution in [0.2, 0.25) is 0 Å². The molecule has 2 amide bonds. The summed E-state index contributed by atoms with van der Waals surface area (Å²) >= 11 is 0. The summed E-state index contributed by atoms with van der Waals surface area (Å²) in [7, 11) is 1.29. The number of carbonyl (C=O) groups is 2. The van der Waals surface area contributed by atoms with Crippen molar-refractivity contribution in [2.24, 2.45) is 0 Å². The lowest BCUT2D eigenvalue weighted by atomic mass is 10.5. The van der Waals surface area contributed by atoms with Crippen molar-refractivity contribution < 1.29 is 19.1 Å². The van der Waals surface area contributed by atoms with Crippen LogP contribution < -0.4 is 5.32 Å². The van der Waals surface area contributed by atoms with Crippen LogP contribution in [0.4, 0.5) is 9.59 Å². The van der Waals surface area contributed by atoms with Crippen LogP contribution in [0.3, 0.4) is 0 Å². The van der Waals surface area contributed by atoms with E-state index in [0.717, 1.165) is 0 Å². The first-order chi connectivity index (χ1) is 6.24. The van der Waals surface area contributed by atoms with Crippen molar-refractivity contribution in [3.8, 4) is 0 Å². The summed E-state index contributed by atoms with van der Waals surface area (Å²) in [5.41, 5.74) is 0. The molecular formula is C7H12N2O4. The molecule has 74 valence electrons. The first-order valence-electron chi connectivity index (χ1n) is 3.97. The summed E-state index contributed by atoms with van der Waals surface area (Å²) in [6, 6.07) is 0. The maximum atomic E-state index is 10.9. The highest BCUT2D eigenvalue weighted by Crippen LogP contribution is 2.00. The number of hydrogen-bond donors (Lipinski definition) is 1. The molecule has 1 rings (SSSR count). The minimum Gasteiger partial charge on any atom is -0.453 e. The lowest BCUT2D eigenvalue weighted by Gasteiger charge is -2.11. The number of ether oxygens (including phenoxy) is 2. The number of nitrogens with zero attached hydrogens (tertiary/aromatic N) is 1. The van der Waals surface area contributed by atoms with Crippen LogP contribution in [0.25, 0.3) is 0 Å². The van der Waals surface area contributed by atoms with Gasteiger partial charge in [0.1, 0.15) is 6.61 Å². The van der Waals surface area contributed by atoms with E-state index in [1.54, 1.807) is 0 Å². The molecule has 1 aliphatic heterocycles. The number of nitrogens with one attached hydrogen (secondary N) is 1. The summed E-state index contributed by atoms with van der Waals surface area (Å²) in [5.74, 6) is 0. The van der Waals surface area contributed by atoms with Crippen LogP contribution in [0.5, 0.6) is 0 Å². The Morgan fingerprint density at radius 3 is 3.08 bits per heavy atom. The number of cyclic esters (lactones) is 1. The first-order valence-corrected chi connectivity index (χ1v) is 3.97. The van der Waals surface area contributed by atoms with Crippen LogP contribution in [0.15, 0.2) is 0 Å². The zero-order valence-corrected chi connectivity index (χ0v) is 7.41. The summed E-state index contributed by atoms with van der Waals surface area (Å²) < 4.78 is 9.05. The maximum Gasteiger partial charge on any atom is 0.409 e. The Morgan fingerprint density at radius 1 is 1.77 bits per heavy atom.